The number of sulfonamides is 1. The SMILES string of the molecule is COc1ccccc1N(C)S(=O)(=O)c1ccc(C(=O)OCCO)cc1. The molecule has 0 aliphatic rings. The number of rotatable bonds is 7. The van der Waals surface area contributed by atoms with Crippen molar-refractivity contribution in [1.29, 1.82) is 0 Å². The first kappa shape index (κ1) is 18.8. The summed E-state index contributed by atoms with van der Waals surface area (Å²) in [6.45, 7) is -0.392. The maximum absolute atomic E-state index is 12.8. The number of hydrogen-bond acceptors (Lipinski definition) is 6. The van der Waals surface area contributed by atoms with Crippen LogP contribution in [0.25, 0.3) is 0 Å². The van der Waals surface area contributed by atoms with E-state index in [0.29, 0.717) is 11.4 Å². The zero-order valence-electron chi connectivity index (χ0n) is 13.9. The predicted octanol–water partition coefficient (Wildman–Crippen LogP) is 1.67. The van der Waals surface area contributed by atoms with Gasteiger partial charge in [0, 0.05) is 7.05 Å². The molecule has 134 valence electrons. The molecule has 2 aromatic carbocycles. The molecule has 0 amide bonds. The molecule has 0 atom stereocenters. The molecule has 0 unspecified atom stereocenters. The molecular weight excluding hydrogens is 346 g/mol. The summed E-state index contributed by atoms with van der Waals surface area (Å²) in [6, 6.07) is 12.2. The minimum absolute atomic E-state index is 0.0274. The van der Waals surface area contributed by atoms with E-state index >= 15 is 0 Å². The molecule has 0 saturated carbocycles. The molecule has 25 heavy (non-hydrogen) atoms. The van der Waals surface area contributed by atoms with Crippen molar-refractivity contribution >= 4 is 21.7 Å². The zero-order valence-corrected chi connectivity index (χ0v) is 14.7. The molecule has 0 radical (unpaired) electrons. The average Bonchev–Trinajstić information content (AvgIpc) is 2.65. The van der Waals surface area contributed by atoms with E-state index in [0.717, 1.165) is 4.31 Å². The third-order valence-corrected chi connectivity index (χ3v) is 5.28. The number of nitrogens with zero attached hydrogens (tertiary/aromatic N) is 1. The number of anilines is 1. The Morgan fingerprint density at radius 1 is 1.12 bits per heavy atom. The van der Waals surface area contributed by atoms with E-state index in [1.54, 1.807) is 24.3 Å². The fraction of sp³-hybridized carbons (Fsp3) is 0.235. The second-order valence-electron chi connectivity index (χ2n) is 5.03. The number of para-hydroxylation sites is 2. The Morgan fingerprint density at radius 3 is 2.36 bits per heavy atom. The largest absolute Gasteiger partial charge is 0.495 e. The highest BCUT2D eigenvalue weighted by atomic mass is 32.2. The van der Waals surface area contributed by atoms with Gasteiger partial charge < -0.3 is 14.6 Å². The normalized spacial score (nSPS) is 11.0. The van der Waals surface area contributed by atoms with E-state index in [2.05, 4.69) is 0 Å². The third kappa shape index (κ3) is 4.09. The van der Waals surface area contributed by atoms with Crippen LogP contribution < -0.4 is 9.04 Å². The number of hydrogen-bond donors (Lipinski definition) is 1. The van der Waals surface area contributed by atoms with Crippen LogP contribution in [0, 0.1) is 0 Å². The first-order chi connectivity index (χ1) is 11.9. The molecular formula is C17H19NO6S. The molecule has 0 bridgehead atoms. The molecule has 0 heterocycles. The molecule has 7 nitrogen and oxygen atoms in total. The van der Waals surface area contributed by atoms with Gasteiger partial charge in [0.1, 0.15) is 12.4 Å². The van der Waals surface area contributed by atoms with Gasteiger partial charge in [-0.1, -0.05) is 12.1 Å². The van der Waals surface area contributed by atoms with Crippen LogP contribution in [-0.4, -0.2) is 46.9 Å². The lowest BCUT2D eigenvalue weighted by Gasteiger charge is -2.21. The maximum atomic E-state index is 12.8. The Bertz CT molecular complexity index is 832. The van der Waals surface area contributed by atoms with Crippen LogP contribution >= 0.6 is 0 Å². The summed E-state index contributed by atoms with van der Waals surface area (Å²) in [7, 11) is -0.931. The first-order valence-electron chi connectivity index (χ1n) is 7.42. The highest BCUT2D eigenvalue weighted by Crippen LogP contribution is 2.30. The van der Waals surface area contributed by atoms with E-state index in [1.165, 1.54) is 38.4 Å². The van der Waals surface area contributed by atoms with E-state index in [-0.39, 0.29) is 23.7 Å². The Morgan fingerprint density at radius 2 is 1.76 bits per heavy atom. The van der Waals surface area contributed by atoms with Gasteiger partial charge in [-0.3, -0.25) is 4.31 Å². The molecule has 8 heteroatoms. The van der Waals surface area contributed by atoms with Crippen molar-refractivity contribution in [2.24, 2.45) is 0 Å². The number of benzene rings is 2. The van der Waals surface area contributed by atoms with Crippen LogP contribution in [0.3, 0.4) is 0 Å². The minimum Gasteiger partial charge on any atom is -0.495 e. The van der Waals surface area contributed by atoms with Crippen LogP contribution in [0.1, 0.15) is 10.4 Å². The Labute approximate surface area is 146 Å². The second-order valence-corrected chi connectivity index (χ2v) is 7.00. The molecule has 1 N–H and O–H groups in total. The summed E-state index contributed by atoms with van der Waals surface area (Å²) in [5, 5.41) is 8.65. The smallest absolute Gasteiger partial charge is 0.338 e. The third-order valence-electron chi connectivity index (χ3n) is 3.50. The van der Waals surface area contributed by atoms with Gasteiger partial charge in [-0.15, -0.1) is 0 Å². The van der Waals surface area contributed by atoms with Crippen molar-refractivity contribution in [2.75, 3.05) is 31.7 Å². The van der Waals surface area contributed by atoms with Crippen molar-refractivity contribution in [1.82, 2.24) is 0 Å². The number of aliphatic hydroxyl groups is 1. The summed E-state index contributed by atoms with van der Waals surface area (Å²) in [5.74, 6) is -0.200. The number of aliphatic hydroxyl groups excluding tert-OH is 1. The molecule has 2 rings (SSSR count). The van der Waals surface area contributed by atoms with Gasteiger partial charge in [-0.2, -0.15) is 0 Å². The van der Waals surface area contributed by atoms with Crippen molar-refractivity contribution in [3.05, 3.63) is 54.1 Å². The highest BCUT2D eigenvalue weighted by Gasteiger charge is 2.24. The van der Waals surface area contributed by atoms with Gasteiger partial charge in [0.05, 0.1) is 29.9 Å². The Hall–Kier alpha value is -2.58. The van der Waals surface area contributed by atoms with Gasteiger partial charge in [-0.25, -0.2) is 13.2 Å². The summed E-state index contributed by atoms with van der Waals surface area (Å²) in [6.07, 6.45) is 0. The molecule has 0 fully saturated rings. The summed E-state index contributed by atoms with van der Waals surface area (Å²) in [5.41, 5.74) is 0.601. The Kier molecular flexibility index (Phi) is 6.00. The lowest BCUT2D eigenvalue weighted by atomic mass is 10.2. The van der Waals surface area contributed by atoms with Gasteiger partial charge >= 0.3 is 5.97 Å². The maximum Gasteiger partial charge on any atom is 0.338 e. The number of carbonyl (C=O) groups is 1. The van der Waals surface area contributed by atoms with Gasteiger partial charge in [0.25, 0.3) is 10.0 Å². The van der Waals surface area contributed by atoms with Crippen LogP contribution in [0.15, 0.2) is 53.4 Å². The predicted molar refractivity (Wildman–Crippen MR) is 92.4 cm³/mol. The molecule has 2 aromatic rings. The van der Waals surface area contributed by atoms with Gasteiger partial charge in [0.15, 0.2) is 0 Å². The number of methoxy groups -OCH3 is 1. The van der Waals surface area contributed by atoms with E-state index in [1.807, 2.05) is 0 Å². The van der Waals surface area contributed by atoms with Crippen LogP contribution in [0.2, 0.25) is 0 Å². The zero-order chi connectivity index (χ0) is 18.4. The summed E-state index contributed by atoms with van der Waals surface area (Å²) >= 11 is 0. The van der Waals surface area contributed by atoms with E-state index < -0.39 is 16.0 Å². The van der Waals surface area contributed by atoms with Crippen molar-refractivity contribution < 1.29 is 27.8 Å². The van der Waals surface area contributed by atoms with Gasteiger partial charge in [-0.05, 0) is 36.4 Å². The van der Waals surface area contributed by atoms with E-state index in [9.17, 15) is 13.2 Å². The van der Waals surface area contributed by atoms with Crippen LogP contribution in [0.4, 0.5) is 5.69 Å². The topological polar surface area (TPSA) is 93.1 Å². The molecule has 0 spiro atoms. The molecule has 0 saturated heterocycles. The number of esters is 1. The van der Waals surface area contributed by atoms with Crippen LogP contribution in [0.5, 0.6) is 5.75 Å². The average molecular weight is 365 g/mol. The Balaban J connectivity index is 2.28. The lowest BCUT2D eigenvalue weighted by Crippen LogP contribution is -2.27. The van der Waals surface area contributed by atoms with Crippen molar-refractivity contribution in [3.8, 4) is 5.75 Å². The fourth-order valence-corrected chi connectivity index (χ4v) is 3.37. The summed E-state index contributed by atoms with van der Waals surface area (Å²) < 4.78 is 36.6. The molecule has 0 aromatic heterocycles. The summed E-state index contributed by atoms with van der Waals surface area (Å²) in [4.78, 5) is 11.7. The first-order valence-corrected chi connectivity index (χ1v) is 8.86. The van der Waals surface area contributed by atoms with Crippen LogP contribution in [-0.2, 0) is 14.8 Å². The second kappa shape index (κ2) is 8.00. The highest BCUT2D eigenvalue weighted by molar-refractivity contribution is 7.92. The van der Waals surface area contributed by atoms with Crippen molar-refractivity contribution in [2.45, 2.75) is 4.90 Å². The fourth-order valence-electron chi connectivity index (χ4n) is 2.16. The van der Waals surface area contributed by atoms with Gasteiger partial charge in [0.2, 0.25) is 0 Å². The molecule has 0 aliphatic carbocycles. The lowest BCUT2D eigenvalue weighted by molar-refractivity contribution is 0.0433. The number of carbonyl (C=O) groups excluding carboxylic acids is 1. The standard InChI is InChI=1S/C17H19NO6S/c1-18(15-5-3-4-6-16(15)23-2)25(21,22)14-9-7-13(8-10-14)17(20)24-12-11-19/h3-10,19H,11-12H2,1-2H3. The molecule has 0 aliphatic heterocycles. The quantitative estimate of drug-likeness (QED) is 0.750. The van der Waals surface area contributed by atoms with Crippen molar-refractivity contribution in [3.63, 3.8) is 0 Å². The monoisotopic (exact) mass is 365 g/mol. The minimum atomic E-state index is -3.82. The van der Waals surface area contributed by atoms with E-state index in [4.69, 9.17) is 14.6 Å². The number of ether oxygens (including phenoxy) is 2.